The van der Waals surface area contributed by atoms with E-state index in [-0.39, 0.29) is 12.4 Å². The summed E-state index contributed by atoms with van der Waals surface area (Å²) in [5.41, 5.74) is 5.98. The summed E-state index contributed by atoms with van der Waals surface area (Å²) < 4.78 is 10.1. The van der Waals surface area contributed by atoms with Gasteiger partial charge in [-0.15, -0.1) is 12.4 Å². The average Bonchev–Trinajstić information content (AvgIpc) is 2.17. The lowest BCUT2D eigenvalue weighted by Crippen LogP contribution is -2.01. The van der Waals surface area contributed by atoms with Crippen LogP contribution in [0.1, 0.15) is 0 Å². The molecule has 5 heteroatoms. The standard InChI is InChI=1S/C10H9NO3.ClH/c1-13-8-4-2-3-6-7(11)5-9(12)14-10(6)8;/h2-5H,11H2,1H3;1H. The van der Waals surface area contributed by atoms with E-state index in [1.54, 1.807) is 18.2 Å². The molecule has 0 saturated carbocycles. The number of methoxy groups -OCH3 is 1. The van der Waals surface area contributed by atoms with Crippen LogP contribution in [0.2, 0.25) is 0 Å². The quantitative estimate of drug-likeness (QED) is 0.755. The lowest BCUT2D eigenvalue weighted by Gasteiger charge is -2.04. The molecule has 2 aromatic rings. The van der Waals surface area contributed by atoms with Crippen LogP contribution in [0, 0.1) is 0 Å². The fraction of sp³-hybridized carbons (Fsp3) is 0.100. The van der Waals surface area contributed by atoms with Gasteiger partial charge in [-0.2, -0.15) is 0 Å². The fourth-order valence-electron chi connectivity index (χ4n) is 1.34. The van der Waals surface area contributed by atoms with E-state index < -0.39 is 5.63 Å². The molecule has 4 nitrogen and oxygen atoms in total. The minimum Gasteiger partial charge on any atom is -0.493 e. The normalized spacial score (nSPS) is 9.67. The maximum Gasteiger partial charge on any atom is 0.338 e. The van der Waals surface area contributed by atoms with Crippen molar-refractivity contribution in [1.82, 2.24) is 0 Å². The fourth-order valence-corrected chi connectivity index (χ4v) is 1.34. The van der Waals surface area contributed by atoms with Crippen molar-refractivity contribution in [3.63, 3.8) is 0 Å². The summed E-state index contributed by atoms with van der Waals surface area (Å²) in [5.74, 6) is 0.506. The molecule has 0 aliphatic carbocycles. The highest BCUT2D eigenvalue weighted by molar-refractivity contribution is 5.91. The molecule has 0 bridgehead atoms. The largest absolute Gasteiger partial charge is 0.493 e. The molecule has 2 rings (SSSR count). The summed E-state index contributed by atoms with van der Waals surface area (Å²) in [6, 6.07) is 6.53. The van der Waals surface area contributed by atoms with Crippen molar-refractivity contribution in [3.8, 4) is 5.75 Å². The molecular weight excluding hydrogens is 218 g/mol. The Morgan fingerprint density at radius 2 is 2.13 bits per heavy atom. The van der Waals surface area contributed by atoms with Crippen LogP contribution < -0.4 is 16.1 Å². The first-order chi connectivity index (χ1) is 6.72. The number of hydrogen-bond acceptors (Lipinski definition) is 4. The number of benzene rings is 1. The van der Waals surface area contributed by atoms with Crippen LogP contribution in [-0.2, 0) is 0 Å². The Morgan fingerprint density at radius 3 is 2.80 bits per heavy atom. The second kappa shape index (κ2) is 4.23. The SMILES string of the molecule is COc1cccc2c(N)cc(=O)oc12.Cl. The van der Waals surface area contributed by atoms with Gasteiger partial charge in [-0.1, -0.05) is 6.07 Å². The molecular formula is C10H10ClNO3. The average molecular weight is 228 g/mol. The Morgan fingerprint density at radius 1 is 1.40 bits per heavy atom. The summed E-state index contributed by atoms with van der Waals surface area (Å²) in [4.78, 5) is 11.1. The third-order valence-electron chi connectivity index (χ3n) is 1.99. The highest BCUT2D eigenvalue weighted by Crippen LogP contribution is 2.27. The molecule has 0 amide bonds. The summed E-state index contributed by atoms with van der Waals surface area (Å²) in [6.45, 7) is 0. The highest BCUT2D eigenvalue weighted by Gasteiger charge is 2.06. The zero-order chi connectivity index (χ0) is 10.1. The molecule has 15 heavy (non-hydrogen) atoms. The van der Waals surface area contributed by atoms with Gasteiger partial charge in [-0.3, -0.25) is 0 Å². The van der Waals surface area contributed by atoms with Crippen molar-refractivity contribution in [2.75, 3.05) is 12.8 Å². The number of halogens is 1. The maximum absolute atomic E-state index is 11.1. The molecule has 1 aromatic carbocycles. The maximum atomic E-state index is 11.1. The van der Waals surface area contributed by atoms with E-state index in [0.29, 0.717) is 22.4 Å². The Bertz CT molecular complexity index is 536. The van der Waals surface area contributed by atoms with E-state index in [2.05, 4.69) is 0 Å². The van der Waals surface area contributed by atoms with Gasteiger partial charge in [0.2, 0.25) is 0 Å². The van der Waals surface area contributed by atoms with E-state index in [1.807, 2.05) is 0 Å². The summed E-state index contributed by atoms with van der Waals surface area (Å²) in [5, 5.41) is 0.684. The van der Waals surface area contributed by atoms with Gasteiger partial charge in [-0.05, 0) is 12.1 Å². The van der Waals surface area contributed by atoms with Crippen molar-refractivity contribution in [2.24, 2.45) is 0 Å². The molecule has 0 aliphatic heterocycles. The lowest BCUT2D eigenvalue weighted by molar-refractivity contribution is 0.407. The number of anilines is 1. The van der Waals surface area contributed by atoms with Gasteiger partial charge in [-0.25, -0.2) is 4.79 Å². The minimum atomic E-state index is -0.473. The third-order valence-corrected chi connectivity index (χ3v) is 1.99. The Kier molecular flexibility index (Phi) is 3.21. The van der Waals surface area contributed by atoms with Crippen LogP contribution in [0.4, 0.5) is 5.69 Å². The van der Waals surface area contributed by atoms with Gasteiger partial charge in [0.1, 0.15) is 0 Å². The summed E-state index contributed by atoms with van der Waals surface area (Å²) in [7, 11) is 1.51. The predicted molar refractivity (Wildman–Crippen MR) is 60.7 cm³/mol. The second-order valence-corrected chi connectivity index (χ2v) is 2.86. The first-order valence-corrected chi connectivity index (χ1v) is 4.08. The number of fused-ring (bicyclic) bond motifs is 1. The Hall–Kier alpha value is -1.68. The van der Waals surface area contributed by atoms with Crippen molar-refractivity contribution < 1.29 is 9.15 Å². The van der Waals surface area contributed by atoms with E-state index in [1.165, 1.54) is 13.2 Å². The molecule has 1 aromatic heterocycles. The first kappa shape index (κ1) is 11.4. The van der Waals surface area contributed by atoms with Gasteiger partial charge in [0.05, 0.1) is 7.11 Å². The van der Waals surface area contributed by atoms with Crippen LogP contribution in [0.3, 0.4) is 0 Å². The van der Waals surface area contributed by atoms with Crippen molar-refractivity contribution >= 4 is 29.1 Å². The van der Waals surface area contributed by atoms with Gasteiger partial charge in [0, 0.05) is 17.1 Å². The van der Waals surface area contributed by atoms with Gasteiger partial charge in [0.25, 0.3) is 0 Å². The topological polar surface area (TPSA) is 65.5 Å². The zero-order valence-corrected chi connectivity index (χ0v) is 8.84. The van der Waals surface area contributed by atoms with Gasteiger partial charge in [0.15, 0.2) is 11.3 Å². The van der Waals surface area contributed by atoms with Crippen LogP contribution in [-0.4, -0.2) is 7.11 Å². The molecule has 0 radical (unpaired) electrons. The molecule has 0 atom stereocenters. The molecule has 80 valence electrons. The molecule has 0 aliphatic rings. The molecule has 1 heterocycles. The van der Waals surface area contributed by atoms with E-state index in [9.17, 15) is 4.79 Å². The van der Waals surface area contributed by atoms with Crippen LogP contribution >= 0.6 is 12.4 Å². The van der Waals surface area contributed by atoms with Crippen molar-refractivity contribution in [3.05, 3.63) is 34.7 Å². The Balaban J connectivity index is 0.00000112. The molecule has 0 saturated heterocycles. The number of ether oxygens (including phenoxy) is 1. The van der Waals surface area contributed by atoms with Crippen LogP contribution in [0.5, 0.6) is 5.75 Å². The first-order valence-electron chi connectivity index (χ1n) is 4.08. The van der Waals surface area contributed by atoms with Gasteiger partial charge < -0.3 is 14.9 Å². The van der Waals surface area contributed by atoms with E-state index in [0.717, 1.165) is 0 Å². The van der Waals surface area contributed by atoms with Crippen LogP contribution in [0.25, 0.3) is 11.0 Å². The molecule has 0 spiro atoms. The lowest BCUT2D eigenvalue weighted by atomic mass is 10.2. The second-order valence-electron chi connectivity index (χ2n) is 2.86. The molecule has 0 unspecified atom stereocenters. The Labute approximate surface area is 92.1 Å². The number of hydrogen-bond donors (Lipinski definition) is 1. The van der Waals surface area contributed by atoms with Crippen molar-refractivity contribution in [2.45, 2.75) is 0 Å². The monoisotopic (exact) mass is 227 g/mol. The van der Waals surface area contributed by atoms with Crippen LogP contribution in [0.15, 0.2) is 33.5 Å². The van der Waals surface area contributed by atoms with E-state index in [4.69, 9.17) is 14.9 Å². The summed E-state index contributed by atoms with van der Waals surface area (Å²) >= 11 is 0. The van der Waals surface area contributed by atoms with Crippen molar-refractivity contribution in [1.29, 1.82) is 0 Å². The predicted octanol–water partition coefficient (Wildman–Crippen LogP) is 1.81. The zero-order valence-electron chi connectivity index (χ0n) is 8.02. The third kappa shape index (κ3) is 1.89. The summed E-state index contributed by atoms with van der Waals surface area (Å²) in [6.07, 6.45) is 0. The van der Waals surface area contributed by atoms with E-state index >= 15 is 0 Å². The highest BCUT2D eigenvalue weighted by atomic mass is 35.5. The number of rotatable bonds is 1. The minimum absolute atomic E-state index is 0. The number of para-hydroxylation sites is 1. The number of nitrogen functional groups attached to an aromatic ring is 1. The smallest absolute Gasteiger partial charge is 0.338 e. The molecule has 2 N–H and O–H groups in total. The number of nitrogens with two attached hydrogens (primary N) is 1. The van der Waals surface area contributed by atoms with Gasteiger partial charge >= 0.3 is 5.63 Å². The molecule has 0 fully saturated rings.